The van der Waals surface area contributed by atoms with E-state index < -0.39 is 5.97 Å². The van der Waals surface area contributed by atoms with E-state index in [1.165, 1.54) is 11.3 Å². The molecule has 1 aromatic carbocycles. The molecular weight excluding hydrogens is 278 g/mol. The molecular formula is C18H25NO3. The lowest BCUT2D eigenvalue weighted by Crippen LogP contribution is -2.31. The van der Waals surface area contributed by atoms with Crippen LogP contribution in [-0.4, -0.2) is 37.4 Å². The molecule has 2 aliphatic rings. The van der Waals surface area contributed by atoms with E-state index in [2.05, 4.69) is 23.1 Å². The van der Waals surface area contributed by atoms with Gasteiger partial charge in [0.15, 0.2) is 0 Å². The van der Waals surface area contributed by atoms with Crippen molar-refractivity contribution >= 4 is 11.7 Å². The second kappa shape index (κ2) is 6.69. The van der Waals surface area contributed by atoms with Gasteiger partial charge in [-0.05, 0) is 48.8 Å². The molecule has 1 atom stereocenters. The van der Waals surface area contributed by atoms with E-state index >= 15 is 0 Å². The highest BCUT2D eigenvalue weighted by Crippen LogP contribution is 2.31. The zero-order valence-corrected chi connectivity index (χ0v) is 13.3. The first-order valence-corrected chi connectivity index (χ1v) is 8.31. The maximum atomic E-state index is 11.0. The summed E-state index contributed by atoms with van der Waals surface area (Å²) < 4.78 is 5.44. The van der Waals surface area contributed by atoms with Crippen LogP contribution in [0.15, 0.2) is 18.2 Å². The first kappa shape index (κ1) is 15.3. The molecule has 1 N–H and O–H groups in total. The van der Waals surface area contributed by atoms with Gasteiger partial charge in [0.25, 0.3) is 0 Å². The van der Waals surface area contributed by atoms with Crippen LogP contribution in [-0.2, 0) is 22.4 Å². The van der Waals surface area contributed by atoms with Crippen LogP contribution in [0.5, 0.6) is 0 Å². The van der Waals surface area contributed by atoms with Gasteiger partial charge in [-0.3, -0.25) is 4.79 Å². The molecule has 1 unspecified atom stereocenters. The van der Waals surface area contributed by atoms with Crippen LogP contribution < -0.4 is 4.90 Å². The second-order valence-electron chi connectivity index (χ2n) is 6.66. The Hall–Kier alpha value is -1.55. The fourth-order valence-corrected chi connectivity index (χ4v) is 3.49. The fraction of sp³-hybridized carbons (Fsp3) is 0.611. The lowest BCUT2D eigenvalue weighted by molar-refractivity contribution is -0.141. The summed E-state index contributed by atoms with van der Waals surface area (Å²) in [4.78, 5) is 13.5. The number of anilines is 1. The Bertz CT molecular complexity index is 537. The molecule has 1 fully saturated rings. The summed E-state index contributed by atoms with van der Waals surface area (Å²) >= 11 is 0. The van der Waals surface area contributed by atoms with Gasteiger partial charge in [0.2, 0.25) is 0 Å². The van der Waals surface area contributed by atoms with Crippen molar-refractivity contribution in [3.05, 3.63) is 29.3 Å². The number of aliphatic carboxylic acids is 1. The van der Waals surface area contributed by atoms with E-state index in [-0.39, 0.29) is 5.92 Å². The van der Waals surface area contributed by atoms with Gasteiger partial charge in [0.05, 0.1) is 5.92 Å². The predicted octanol–water partition coefficient (Wildman–Crippen LogP) is 2.74. The van der Waals surface area contributed by atoms with Crippen molar-refractivity contribution in [3.8, 4) is 0 Å². The molecule has 4 heteroatoms. The Morgan fingerprint density at radius 1 is 1.41 bits per heavy atom. The lowest BCUT2D eigenvalue weighted by atomic mass is 9.98. The van der Waals surface area contributed by atoms with Gasteiger partial charge in [-0.1, -0.05) is 19.1 Å². The molecule has 2 heterocycles. The maximum Gasteiger partial charge on any atom is 0.306 e. The normalized spacial score (nSPS) is 20.0. The molecule has 3 rings (SSSR count). The Morgan fingerprint density at radius 2 is 2.18 bits per heavy atom. The van der Waals surface area contributed by atoms with Crippen LogP contribution in [0.1, 0.15) is 30.9 Å². The number of nitrogens with zero attached hydrogens (tertiary/aromatic N) is 1. The number of ether oxygens (including phenoxy) is 1. The highest BCUT2D eigenvalue weighted by atomic mass is 16.5. The van der Waals surface area contributed by atoms with E-state index in [4.69, 9.17) is 9.84 Å². The fourth-order valence-electron chi connectivity index (χ4n) is 3.49. The van der Waals surface area contributed by atoms with Crippen molar-refractivity contribution in [2.24, 2.45) is 11.8 Å². The van der Waals surface area contributed by atoms with Crippen molar-refractivity contribution in [3.63, 3.8) is 0 Å². The largest absolute Gasteiger partial charge is 0.481 e. The van der Waals surface area contributed by atoms with Crippen LogP contribution >= 0.6 is 0 Å². The summed E-state index contributed by atoms with van der Waals surface area (Å²) in [5.41, 5.74) is 3.85. The third-order valence-electron chi connectivity index (χ3n) is 4.92. The van der Waals surface area contributed by atoms with Crippen LogP contribution in [0.2, 0.25) is 0 Å². The summed E-state index contributed by atoms with van der Waals surface area (Å²) in [5.74, 6) is -0.329. The summed E-state index contributed by atoms with van der Waals surface area (Å²) in [7, 11) is 0. The Kier molecular flexibility index (Phi) is 4.67. The predicted molar refractivity (Wildman–Crippen MR) is 86.4 cm³/mol. The number of carbonyl (C=O) groups is 1. The molecule has 0 radical (unpaired) electrons. The van der Waals surface area contributed by atoms with E-state index in [1.807, 2.05) is 0 Å². The Balaban J connectivity index is 1.69. The van der Waals surface area contributed by atoms with Crippen molar-refractivity contribution in [2.45, 2.75) is 32.6 Å². The van der Waals surface area contributed by atoms with Gasteiger partial charge in [-0.15, -0.1) is 0 Å². The average Bonchev–Trinajstić information content (AvgIpc) is 2.91. The van der Waals surface area contributed by atoms with Gasteiger partial charge in [-0.2, -0.15) is 0 Å². The molecule has 22 heavy (non-hydrogen) atoms. The quantitative estimate of drug-likeness (QED) is 0.908. The third-order valence-corrected chi connectivity index (χ3v) is 4.92. The molecule has 1 saturated heterocycles. The van der Waals surface area contributed by atoms with Gasteiger partial charge in [0.1, 0.15) is 0 Å². The minimum Gasteiger partial charge on any atom is -0.481 e. The van der Waals surface area contributed by atoms with Gasteiger partial charge in [0, 0.05) is 32.0 Å². The standard InChI is InChI=1S/C18H25NO3/c1-13(18(20)21)10-15-2-3-16-4-7-19(17(16)11-15)12-14-5-8-22-9-6-14/h2-3,11,13-14H,4-10,12H2,1H3,(H,20,21). The number of carboxylic acids is 1. The number of hydrogen-bond donors (Lipinski definition) is 1. The molecule has 0 saturated carbocycles. The summed E-state index contributed by atoms with van der Waals surface area (Å²) in [6.45, 7) is 5.75. The average molecular weight is 303 g/mol. The maximum absolute atomic E-state index is 11.0. The Morgan fingerprint density at radius 3 is 2.91 bits per heavy atom. The highest BCUT2D eigenvalue weighted by Gasteiger charge is 2.24. The molecule has 120 valence electrons. The van der Waals surface area contributed by atoms with E-state index in [0.29, 0.717) is 6.42 Å². The lowest BCUT2D eigenvalue weighted by Gasteiger charge is -2.29. The van der Waals surface area contributed by atoms with Gasteiger partial charge < -0.3 is 14.7 Å². The minimum atomic E-state index is -0.723. The number of hydrogen-bond acceptors (Lipinski definition) is 3. The number of fused-ring (bicyclic) bond motifs is 1. The van der Waals surface area contributed by atoms with Crippen molar-refractivity contribution in [1.29, 1.82) is 0 Å². The van der Waals surface area contributed by atoms with Gasteiger partial charge >= 0.3 is 5.97 Å². The molecule has 0 amide bonds. The highest BCUT2D eigenvalue weighted by molar-refractivity contribution is 5.70. The molecule has 0 bridgehead atoms. The molecule has 2 aliphatic heterocycles. The molecule has 0 aliphatic carbocycles. The summed E-state index contributed by atoms with van der Waals surface area (Å²) in [6, 6.07) is 6.49. The number of rotatable bonds is 5. The smallest absolute Gasteiger partial charge is 0.306 e. The van der Waals surface area contributed by atoms with E-state index in [1.54, 1.807) is 6.92 Å². The minimum absolute atomic E-state index is 0.330. The van der Waals surface area contributed by atoms with Gasteiger partial charge in [-0.25, -0.2) is 0 Å². The topological polar surface area (TPSA) is 49.8 Å². The zero-order valence-electron chi connectivity index (χ0n) is 13.3. The van der Waals surface area contributed by atoms with Crippen LogP contribution in [0.3, 0.4) is 0 Å². The van der Waals surface area contributed by atoms with Crippen LogP contribution in [0.4, 0.5) is 5.69 Å². The molecule has 0 spiro atoms. The second-order valence-corrected chi connectivity index (χ2v) is 6.66. The monoisotopic (exact) mass is 303 g/mol. The van der Waals surface area contributed by atoms with E-state index in [9.17, 15) is 4.79 Å². The first-order chi connectivity index (χ1) is 10.6. The zero-order chi connectivity index (χ0) is 15.5. The number of benzene rings is 1. The molecule has 0 aromatic heterocycles. The molecule has 4 nitrogen and oxygen atoms in total. The van der Waals surface area contributed by atoms with Crippen molar-refractivity contribution < 1.29 is 14.6 Å². The van der Waals surface area contributed by atoms with Crippen LogP contribution in [0, 0.1) is 11.8 Å². The summed E-state index contributed by atoms with van der Waals surface area (Å²) in [5, 5.41) is 9.08. The van der Waals surface area contributed by atoms with Crippen LogP contribution in [0.25, 0.3) is 0 Å². The molecule has 1 aromatic rings. The van der Waals surface area contributed by atoms with Crippen molar-refractivity contribution in [1.82, 2.24) is 0 Å². The first-order valence-electron chi connectivity index (χ1n) is 8.31. The SMILES string of the molecule is CC(Cc1ccc2c(c1)N(CC1CCOCC1)CC2)C(=O)O. The third kappa shape index (κ3) is 3.43. The van der Waals surface area contributed by atoms with Crippen molar-refractivity contribution in [2.75, 3.05) is 31.2 Å². The Labute approximate surface area is 132 Å². The summed E-state index contributed by atoms with van der Waals surface area (Å²) in [6.07, 6.45) is 4.02. The van der Waals surface area contributed by atoms with E-state index in [0.717, 1.165) is 57.0 Å². The number of carboxylic acid groups (broad SMARTS) is 1.